The van der Waals surface area contributed by atoms with Crippen LogP contribution in [0.25, 0.3) is 0 Å². The van der Waals surface area contributed by atoms with E-state index in [0.29, 0.717) is 37.8 Å². The standard InChI is InChI=1S/C23H35N5O7/c24-10-2-1-4-17(22(33)28-11-3-5-19(28)23(34)35)26-21(32)18(27-20(31)16(25)13-29)12-14-6-8-15(30)9-7-14/h6-9,16-19,29-30H,1-5,10-13,24-25H2,(H,26,32)(H,27,31)(H,34,35). The summed E-state index contributed by atoms with van der Waals surface area (Å²) in [5, 5.41) is 33.3. The Kier molecular flexibility index (Phi) is 10.9. The molecule has 1 aliphatic heterocycles. The summed E-state index contributed by atoms with van der Waals surface area (Å²) >= 11 is 0. The van der Waals surface area contributed by atoms with Crippen molar-refractivity contribution in [2.75, 3.05) is 19.7 Å². The van der Waals surface area contributed by atoms with Gasteiger partial charge < -0.3 is 42.3 Å². The van der Waals surface area contributed by atoms with E-state index in [-0.39, 0.29) is 25.1 Å². The molecule has 0 radical (unpaired) electrons. The summed E-state index contributed by atoms with van der Waals surface area (Å²) in [7, 11) is 0. The predicted molar refractivity (Wildman–Crippen MR) is 126 cm³/mol. The number of benzene rings is 1. The molecule has 0 aliphatic carbocycles. The Hall–Kier alpha value is -3.22. The van der Waals surface area contributed by atoms with Gasteiger partial charge in [-0.05, 0) is 56.3 Å². The summed E-state index contributed by atoms with van der Waals surface area (Å²) in [6, 6.07) is 1.70. The van der Waals surface area contributed by atoms with E-state index < -0.39 is 54.5 Å². The van der Waals surface area contributed by atoms with Crippen LogP contribution in [0.5, 0.6) is 5.75 Å². The fourth-order valence-corrected chi connectivity index (χ4v) is 3.95. The molecule has 12 nitrogen and oxygen atoms in total. The van der Waals surface area contributed by atoms with E-state index >= 15 is 0 Å². The molecule has 35 heavy (non-hydrogen) atoms. The maximum absolute atomic E-state index is 13.2. The number of phenolic OH excluding ortho intramolecular Hbond substituents is 1. The van der Waals surface area contributed by atoms with Gasteiger partial charge in [-0.1, -0.05) is 12.1 Å². The number of hydrogen-bond donors (Lipinski definition) is 7. The molecule has 194 valence electrons. The summed E-state index contributed by atoms with van der Waals surface area (Å²) in [6.07, 6.45) is 2.31. The van der Waals surface area contributed by atoms with E-state index in [4.69, 9.17) is 11.5 Å². The summed E-state index contributed by atoms with van der Waals surface area (Å²) in [6.45, 7) is 0.0537. The Bertz CT molecular complexity index is 880. The number of nitrogens with one attached hydrogen (secondary N) is 2. The predicted octanol–water partition coefficient (Wildman–Crippen LogP) is -1.57. The molecule has 2 rings (SSSR count). The number of aliphatic hydroxyl groups is 1. The fraction of sp³-hybridized carbons (Fsp3) is 0.565. The number of carboxylic acids is 1. The number of nitrogens with two attached hydrogens (primary N) is 2. The van der Waals surface area contributed by atoms with E-state index in [1.807, 2.05) is 0 Å². The van der Waals surface area contributed by atoms with Crippen molar-refractivity contribution in [3.05, 3.63) is 29.8 Å². The van der Waals surface area contributed by atoms with Crippen molar-refractivity contribution in [2.24, 2.45) is 11.5 Å². The monoisotopic (exact) mass is 493 g/mol. The normalized spacial score (nSPS) is 17.9. The molecule has 0 saturated carbocycles. The van der Waals surface area contributed by atoms with Gasteiger partial charge in [-0.15, -0.1) is 0 Å². The summed E-state index contributed by atoms with van der Waals surface area (Å²) < 4.78 is 0. The zero-order valence-corrected chi connectivity index (χ0v) is 19.6. The molecule has 1 aromatic rings. The Morgan fingerprint density at radius 2 is 1.71 bits per heavy atom. The van der Waals surface area contributed by atoms with E-state index in [1.54, 1.807) is 12.1 Å². The van der Waals surface area contributed by atoms with Gasteiger partial charge in [0.15, 0.2) is 0 Å². The van der Waals surface area contributed by atoms with Crippen LogP contribution in [-0.4, -0.2) is 87.8 Å². The first-order valence-corrected chi connectivity index (χ1v) is 11.7. The van der Waals surface area contributed by atoms with E-state index in [1.165, 1.54) is 17.0 Å². The van der Waals surface area contributed by atoms with Crippen LogP contribution >= 0.6 is 0 Å². The molecular formula is C23H35N5O7. The smallest absolute Gasteiger partial charge is 0.326 e. The molecule has 0 aromatic heterocycles. The van der Waals surface area contributed by atoms with Crippen LogP contribution in [0.2, 0.25) is 0 Å². The van der Waals surface area contributed by atoms with Crippen LogP contribution in [0.1, 0.15) is 37.7 Å². The van der Waals surface area contributed by atoms with Crippen molar-refractivity contribution < 1.29 is 34.5 Å². The molecule has 9 N–H and O–H groups in total. The molecule has 1 aliphatic rings. The first-order valence-electron chi connectivity index (χ1n) is 11.7. The average Bonchev–Trinajstić information content (AvgIpc) is 3.33. The molecule has 0 bridgehead atoms. The minimum Gasteiger partial charge on any atom is -0.508 e. The second-order valence-electron chi connectivity index (χ2n) is 8.59. The van der Waals surface area contributed by atoms with Crippen molar-refractivity contribution in [1.82, 2.24) is 15.5 Å². The van der Waals surface area contributed by atoms with Crippen molar-refractivity contribution >= 4 is 23.7 Å². The largest absolute Gasteiger partial charge is 0.508 e. The van der Waals surface area contributed by atoms with Crippen molar-refractivity contribution in [3.8, 4) is 5.75 Å². The lowest BCUT2D eigenvalue weighted by Crippen LogP contribution is -2.58. The number of carbonyl (C=O) groups excluding carboxylic acids is 3. The summed E-state index contributed by atoms with van der Waals surface area (Å²) in [5.74, 6) is -2.97. The van der Waals surface area contributed by atoms with Crippen LogP contribution in [-0.2, 0) is 25.6 Å². The highest BCUT2D eigenvalue weighted by atomic mass is 16.4. The molecule has 0 spiro atoms. The highest BCUT2D eigenvalue weighted by Crippen LogP contribution is 2.20. The van der Waals surface area contributed by atoms with Crippen molar-refractivity contribution in [2.45, 2.75) is 62.7 Å². The third-order valence-electron chi connectivity index (χ3n) is 5.93. The van der Waals surface area contributed by atoms with Gasteiger partial charge in [-0.3, -0.25) is 14.4 Å². The molecule has 4 unspecified atom stereocenters. The molecule has 1 heterocycles. The molecule has 3 amide bonds. The SMILES string of the molecule is NCCCCC(NC(=O)C(Cc1ccc(O)cc1)NC(=O)C(N)CO)C(=O)N1CCCC1C(=O)O. The fourth-order valence-electron chi connectivity index (χ4n) is 3.95. The lowest BCUT2D eigenvalue weighted by molar-refractivity contribution is -0.149. The Labute approximate surface area is 203 Å². The van der Waals surface area contributed by atoms with Gasteiger partial charge >= 0.3 is 5.97 Å². The number of phenols is 1. The van der Waals surface area contributed by atoms with Gasteiger partial charge in [-0.2, -0.15) is 0 Å². The average molecular weight is 494 g/mol. The summed E-state index contributed by atoms with van der Waals surface area (Å²) in [4.78, 5) is 51.6. The molecule has 1 aromatic carbocycles. The zero-order chi connectivity index (χ0) is 26.0. The number of rotatable bonds is 13. The Morgan fingerprint density at radius 1 is 1.06 bits per heavy atom. The second-order valence-corrected chi connectivity index (χ2v) is 8.59. The summed E-state index contributed by atoms with van der Waals surface area (Å²) in [5.41, 5.74) is 11.8. The van der Waals surface area contributed by atoms with Crippen LogP contribution in [0, 0.1) is 0 Å². The highest BCUT2D eigenvalue weighted by molar-refractivity contribution is 5.94. The molecule has 4 atom stereocenters. The first kappa shape index (κ1) is 28.0. The number of aliphatic hydroxyl groups excluding tert-OH is 1. The number of likely N-dealkylation sites (tertiary alicyclic amines) is 1. The number of aliphatic carboxylic acids is 1. The second kappa shape index (κ2) is 13.6. The number of unbranched alkanes of at least 4 members (excludes halogenated alkanes) is 1. The third-order valence-corrected chi connectivity index (χ3v) is 5.93. The van der Waals surface area contributed by atoms with Crippen molar-refractivity contribution in [1.29, 1.82) is 0 Å². The topological polar surface area (TPSA) is 208 Å². The molecule has 1 saturated heterocycles. The first-order chi connectivity index (χ1) is 16.7. The maximum atomic E-state index is 13.2. The van der Waals surface area contributed by atoms with Gasteiger partial charge in [-0.25, -0.2) is 4.79 Å². The number of nitrogens with zero attached hydrogens (tertiary/aromatic N) is 1. The van der Waals surface area contributed by atoms with Crippen LogP contribution in [0.3, 0.4) is 0 Å². The molecule has 12 heteroatoms. The van der Waals surface area contributed by atoms with Crippen LogP contribution in [0.15, 0.2) is 24.3 Å². The van der Waals surface area contributed by atoms with Crippen LogP contribution in [0.4, 0.5) is 0 Å². The maximum Gasteiger partial charge on any atom is 0.326 e. The van der Waals surface area contributed by atoms with Gasteiger partial charge in [0.1, 0.15) is 29.9 Å². The zero-order valence-electron chi connectivity index (χ0n) is 19.6. The Morgan fingerprint density at radius 3 is 2.31 bits per heavy atom. The van der Waals surface area contributed by atoms with Gasteiger partial charge in [0, 0.05) is 13.0 Å². The van der Waals surface area contributed by atoms with Crippen molar-refractivity contribution in [3.63, 3.8) is 0 Å². The highest BCUT2D eigenvalue weighted by Gasteiger charge is 2.38. The molecule has 1 fully saturated rings. The number of hydrogen-bond acceptors (Lipinski definition) is 8. The van der Waals surface area contributed by atoms with Gasteiger partial charge in [0.25, 0.3) is 0 Å². The number of aromatic hydroxyl groups is 1. The van der Waals surface area contributed by atoms with E-state index in [9.17, 15) is 34.5 Å². The molecular weight excluding hydrogens is 458 g/mol. The number of amides is 3. The third kappa shape index (κ3) is 8.19. The minimum absolute atomic E-state index is 0.0289. The lowest BCUT2D eigenvalue weighted by atomic mass is 10.0. The van der Waals surface area contributed by atoms with Crippen LogP contribution < -0.4 is 22.1 Å². The van der Waals surface area contributed by atoms with Gasteiger partial charge in [0.05, 0.1) is 6.61 Å². The lowest BCUT2D eigenvalue weighted by Gasteiger charge is -2.29. The van der Waals surface area contributed by atoms with Gasteiger partial charge in [0.2, 0.25) is 17.7 Å². The Balaban J connectivity index is 2.23. The number of carboxylic acid groups (broad SMARTS) is 1. The number of carbonyl (C=O) groups is 4. The van der Waals surface area contributed by atoms with E-state index in [2.05, 4.69) is 10.6 Å². The quantitative estimate of drug-likeness (QED) is 0.158. The minimum atomic E-state index is -1.24. The van der Waals surface area contributed by atoms with E-state index in [0.717, 1.165) is 0 Å².